The molecule has 4 unspecified atom stereocenters. The van der Waals surface area contributed by atoms with Gasteiger partial charge in [0, 0.05) is 6.61 Å². The van der Waals surface area contributed by atoms with Gasteiger partial charge in [-0.05, 0) is 48.9 Å². The molecule has 1 heteroatoms. The van der Waals surface area contributed by atoms with Gasteiger partial charge in [0.05, 0.1) is 6.10 Å². The van der Waals surface area contributed by atoms with E-state index >= 15 is 0 Å². The highest BCUT2D eigenvalue weighted by atomic mass is 16.5. The first-order valence-corrected chi connectivity index (χ1v) is 7.72. The molecule has 0 aromatic rings. The first-order chi connectivity index (χ1) is 8.10. The third-order valence-electron chi connectivity index (χ3n) is 5.80. The van der Waals surface area contributed by atoms with Crippen molar-refractivity contribution in [1.29, 1.82) is 0 Å². The lowest BCUT2D eigenvalue weighted by molar-refractivity contribution is -0.113. The zero-order valence-electron chi connectivity index (χ0n) is 12.2. The summed E-state index contributed by atoms with van der Waals surface area (Å²) in [7, 11) is 0. The molecule has 100 valence electrons. The second kappa shape index (κ2) is 5.30. The third kappa shape index (κ3) is 2.54. The van der Waals surface area contributed by atoms with Crippen LogP contribution in [0.4, 0.5) is 0 Å². The van der Waals surface area contributed by atoms with Crippen LogP contribution in [0.3, 0.4) is 0 Å². The van der Waals surface area contributed by atoms with Gasteiger partial charge in [0.15, 0.2) is 0 Å². The van der Waals surface area contributed by atoms with Crippen LogP contribution >= 0.6 is 0 Å². The third-order valence-corrected chi connectivity index (χ3v) is 5.80. The number of hydrogen-bond donors (Lipinski definition) is 0. The molecule has 0 radical (unpaired) electrons. The largest absolute Gasteiger partial charge is 0.378 e. The second-order valence-corrected chi connectivity index (χ2v) is 6.75. The average molecular weight is 238 g/mol. The maximum absolute atomic E-state index is 6.09. The van der Waals surface area contributed by atoms with E-state index in [1.165, 1.54) is 38.5 Å². The Morgan fingerprint density at radius 1 is 1.24 bits per heavy atom. The smallest absolute Gasteiger partial charge is 0.0611 e. The van der Waals surface area contributed by atoms with Crippen LogP contribution in [-0.2, 0) is 4.74 Å². The minimum Gasteiger partial charge on any atom is -0.378 e. The highest BCUT2D eigenvalue weighted by molar-refractivity contribution is 4.94. The lowest BCUT2D eigenvalue weighted by atomic mass is 9.60. The van der Waals surface area contributed by atoms with Crippen molar-refractivity contribution in [2.45, 2.75) is 72.3 Å². The molecule has 1 aliphatic heterocycles. The molecule has 0 aromatic carbocycles. The van der Waals surface area contributed by atoms with Gasteiger partial charge in [-0.1, -0.05) is 40.5 Å². The lowest BCUT2D eigenvalue weighted by Crippen LogP contribution is -2.45. The van der Waals surface area contributed by atoms with Crippen LogP contribution in [0.2, 0.25) is 0 Å². The Morgan fingerprint density at radius 2 is 1.94 bits per heavy atom. The van der Waals surface area contributed by atoms with Gasteiger partial charge in [-0.25, -0.2) is 0 Å². The fraction of sp³-hybridized carbons (Fsp3) is 1.00. The predicted octanol–water partition coefficient (Wildman–Crippen LogP) is 4.65. The summed E-state index contributed by atoms with van der Waals surface area (Å²) in [6.07, 6.45) is 8.66. The molecule has 2 aliphatic rings. The van der Waals surface area contributed by atoms with Gasteiger partial charge in [-0.15, -0.1) is 0 Å². The molecule has 1 heterocycles. The van der Waals surface area contributed by atoms with Crippen molar-refractivity contribution in [3.05, 3.63) is 0 Å². The van der Waals surface area contributed by atoms with Crippen LogP contribution in [0.5, 0.6) is 0 Å². The fourth-order valence-corrected chi connectivity index (χ4v) is 4.49. The van der Waals surface area contributed by atoms with Gasteiger partial charge in [0.1, 0.15) is 0 Å². The van der Waals surface area contributed by atoms with Gasteiger partial charge in [0.2, 0.25) is 0 Å². The predicted molar refractivity (Wildman–Crippen MR) is 73.0 cm³/mol. The minimum atomic E-state index is 0.543. The van der Waals surface area contributed by atoms with Crippen LogP contribution in [0.15, 0.2) is 0 Å². The van der Waals surface area contributed by atoms with Gasteiger partial charge < -0.3 is 4.74 Å². The van der Waals surface area contributed by atoms with Crippen molar-refractivity contribution in [1.82, 2.24) is 0 Å². The van der Waals surface area contributed by atoms with Crippen molar-refractivity contribution in [3.8, 4) is 0 Å². The quantitative estimate of drug-likeness (QED) is 0.695. The highest BCUT2D eigenvalue weighted by Gasteiger charge is 2.44. The van der Waals surface area contributed by atoms with Crippen molar-refractivity contribution < 1.29 is 4.74 Å². The molecular weight excluding hydrogens is 208 g/mol. The molecule has 0 aromatic heterocycles. The molecule has 0 N–H and O–H groups in total. The molecule has 4 atom stereocenters. The summed E-state index contributed by atoms with van der Waals surface area (Å²) < 4.78 is 6.09. The van der Waals surface area contributed by atoms with Gasteiger partial charge in [-0.3, -0.25) is 0 Å². The Morgan fingerprint density at radius 3 is 2.59 bits per heavy atom. The molecule has 2 rings (SSSR count). The summed E-state index contributed by atoms with van der Waals surface area (Å²) in [6, 6.07) is 0. The van der Waals surface area contributed by atoms with E-state index in [2.05, 4.69) is 27.7 Å². The first kappa shape index (κ1) is 13.4. The van der Waals surface area contributed by atoms with Crippen LogP contribution < -0.4 is 0 Å². The number of rotatable bonds is 3. The Balaban J connectivity index is 2.05. The van der Waals surface area contributed by atoms with Gasteiger partial charge >= 0.3 is 0 Å². The second-order valence-electron chi connectivity index (χ2n) is 6.75. The summed E-state index contributed by atoms with van der Waals surface area (Å²) >= 11 is 0. The summed E-state index contributed by atoms with van der Waals surface area (Å²) in [4.78, 5) is 0. The maximum Gasteiger partial charge on any atom is 0.0611 e. The van der Waals surface area contributed by atoms with Crippen LogP contribution in [0, 0.1) is 23.2 Å². The summed E-state index contributed by atoms with van der Waals surface area (Å²) in [5, 5.41) is 0. The minimum absolute atomic E-state index is 0.543. The fourth-order valence-electron chi connectivity index (χ4n) is 4.49. The van der Waals surface area contributed by atoms with Gasteiger partial charge in [-0.2, -0.15) is 0 Å². The first-order valence-electron chi connectivity index (χ1n) is 7.72. The van der Waals surface area contributed by atoms with E-state index in [9.17, 15) is 0 Å². The summed E-state index contributed by atoms with van der Waals surface area (Å²) in [5.41, 5.74) is 0.543. The Labute approximate surface area is 107 Å². The topological polar surface area (TPSA) is 9.23 Å². The summed E-state index contributed by atoms with van der Waals surface area (Å²) in [6.45, 7) is 10.7. The maximum atomic E-state index is 6.09. The normalized spacial score (nSPS) is 42.5. The standard InChI is InChI=1S/C16H30O/c1-5-13(6-2)16(4)9-7-14-12(3)8-10-17-15(14)11-16/h12-15H,5-11H2,1-4H3. The molecule has 0 bridgehead atoms. The van der Waals surface area contributed by atoms with Crippen LogP contribution in [-0.4, -0.2) is 12.7 Å². The van der Waals surface area contributed by atoms with E-state index in [1.54, 1.807) is 0 Å². The van der Waals surface area contributed by atoms with Crippen LogP contribution in [0.1, 0.15) is 66.2 Å². The van der Waals surface area contributed by atoms with E-state index in [-0.39, 0.29) is 0 Å². The van der Waals surface area contributed by atoms with Crippen molar-refractivity contribution >= 4 is 0 Å². The molecule has 1 saturated carbocycles. The average Bonchev–Trinajstić information content (AvgIpc) is 2.30. The van der Waals surface area contributed by atoms with E-state index < -0.39 is 0 Å². The zero-order chi connectivity index (χ0) is 12.5. The molecule has 2 fully saturated rings. The zero-order valence-corrected chi connectivity index (χ0v) is 12.2. The number of ether oxygens (including phenoxy) is 1. The highest BCUT2D eigenvalue weighted by Crippen LogP contribution is 2.50. The Bertz CT molecular complexity index is 246. The van der Waals surface area contributed by atoms with Crippen molar-refractivity contribution in [3.63, 3.8) is 0 Å². The van der Waals surface area contributed by atoms with Gasteiger partial charge in [0.25, 0.3) is 0 Å². The van der Waals surface area contributed by atoms with E-state index in [0.717, 1.165) is 24.4 Å². The van der Waals surface area contributed by atoms with E-state index in [0.29, 0.717) is 11.5 Å². The lowest BCUT2D eigenvalue weighted by Gasteiger charge is -2.50. The monoisotopic (exact) mass is 238 g/mol. The molecule has 1 aliphatic carbocycles. The SMILES string of the molecule is CCC(CC)C1(C)CCC2C(C)CCOC2C1. The molecule has 0 amide bonds. The molecule has 0 spiro atoms. The summed E-state index contributed by atoms with van der Waals surface area (Å²) in [5.74, 6) is 2.63. The van der Waals surface area contributed by atoms with E-state index in [4.69, 9.17) is 4.74 Å². The van der Waals surface area contributed by atoms with Crippen molar-refractivity contribution in [2.75, 3.05) is 6.61 Å². The van der Waals surface area contributed by atoms with Crippen molar-refractivity contribution in [2.24, 2.45) is 23.2 Å². The van der Waals surface area contributed by atoms with Crippen LogP contribution in [0.25, 0.3) is 0 Å². The Kier molecular flexibility index (Phi) is 4.18. The van der Waals surface area contributed by atoms with E-state index in [1.807, 2.05) is 0 Å². The number of hydrogen-bond acceptors (Lipinski definition) is 1. The molecule has 17 heavy (non-hydrogen) atoms. The number of fused-ring (bicyclic) bond motifs is 1. The molecule has 1 saturated heterocycles. The Hall–Kier alpha value is -0.0400. The molecular formula is C16H30O. The molecule has 1 nitrogen and oxygen atoms in total.